The SMILES string of the molecule is CCC1OCCC1C(=O)Nc1cccc(Cl)n1. The van der Waals surface area contributed by atoms with Crippen molar-refractivity contribution >= 4 is 23.3 Å². The van der Waals surface area contributed by atoms with Crippen LogP contribution < -0.4 is 5.32 Å². The number of halogens is 1. The van der Waals surface area contributed by atoms with Crippen LogP contribution in [0.15, 0.2) is 18.2 Å². The Balaban J connectivity index is 2.01. The number of aromatic nitrogens is 1. The lowest BCUT2D eigenvalue weighted by molar-refractivity contribution is -0.121. The standard InChI is InChI=1S/C12H15ClN2O2/c1-2-9-8(6-7-17-9)12(16)15-11-5-3-4-10(13)14-11/h3-5,8-9H,2,6-7H2,1H3,(H,14,15,16). The molecule has 1 saturated heterocycles. The molecule has 1 aliphatic heterocycles. The van der Waals surface area contributed by atoms with Crippen LogP contribution in [0, 0.1) is 5.92 Å². The lowest BCUT2D eigenvalue weighted by atomic mass is 9.99. The maximum absolute atomic E-state index is 12.0. The van der Waals surface area contributed by atoms with E-state index in [4.69, 9.17) is 16.3 Å². The molecular formula is C12H15ClN2O2. The van der Waals surface area contributed by atoms with Gasteiger partial charge in [-0.2, -0.15) is 0 Å². The molecule has 0 bridgehead atoms. The number of nitrogens with zero attached hydrogens (tertiary/aromatic N) is 1. The Kier molecular flexibility index (Phi) is 3.97. The summed E-state index contributed by atoms with van der Waals surface area (Å²) in [5.41, 5.74) is 0. The molecule has 1 aliphatic rings. The van der Waals surface area contributed by atoms with Crippen LogP contribution in [0.3, 0.4) is 0 Å². The minimum absolute atomic E-state index is 0.0224. The van der Waals surface area contributed by atoms with Crippen LogP contribution in [0.2, 0.25) is 5.15 Å². The average molecular weight is 255 g/mol. The Bertz CT molecular complexity index is 411. The topological polar surface area (TPSA) is 51.2 Å². The molecule has 2 atom stereocenters. The highest BCUT2D eigenvalue weighted by Gasteiger charge is 2.32. The minimum atomic E-state index is -0.0826. The molecule has 1 amide bonds. The lowest BCUT2D eigenvalue weighted by Gasteiger charge is -2.15. The number of pyridine rings is 1. The third-order valence-electron chi connectivity index (χ3n) is 2.92. The van der Waals surface area contributed by atoms with Crippen LogP contribution >= 0.6 is 11.6 Å². The summed E-state index contributed by atoms with van der Waals surface area (Å²) < 4.78 is 5.49. The first-order chi connectivity index (χ1) is 8.20. The zero-order valence-electron chi connectivity index (χ0n) is 9.65. The van der Waals surface area contributed by atoms with Crippen LogP contribution in [0.5, 0.6) is 0 Å². The van der Waals surface area contributed by atoms with Gasteiger partial charge in [-0.1, -0.05) is 24.6 Å². The number of ether oxygens (including phenoxy) is 1. The maximum Gasteiger partial charge on any atom is 0.231 e. The van der Waals surface area contributed by atoms with Crippen molar-refractivity contribution in [3.63, 3.8) is 0 Å². The molecule has 2 unspecified atom stereocenters. The van der Waals surface area contributed by atoms with E-state index in [-0.39, 0.29) is 17.9 Å². The largest absolute Gasteiger partial charge is 0.377 e. The van der Waals surface area contributed by atoms with Crippen LogP contribution in [0.1, 0.15) is 19.8 Å². The third kappa shape index (κ3) is 2.96. The normalized spacial score (nSPS) is 23.6. The summed E-state index contributed by atoms with van der Waals surface area (Å²) in [5.74, 6) is 0.370. The van der Waals surface area contributed by atoms with E-state index in [1.165, 1.54) is 0 Å². The van der Waals surface area contributed by atoms with Gasteiger partial charge in [-0.3, -0.25) is 4.79 Å². The molecule has 5 heteroatoms. The first-order valence-electron chi connectivity index (χ1n) is 5.75. The van der Waals surface area contributed by atoms with Gasteiger partial charge in [0, 0.05) is 6.61 Å². The molecule has 92 valence electrons. The quantitative estimate of drug-likeness (QED) is 0.843. The number of carbonyl (C=O) groups is 1. The second-order valence-electron chi connectivity index (χ2n) is 4.05. The first kappa shape index (κ1) is 12.3. The molecule has 1 aromatic rings. The zero-order valence-corrected chi connectivity index (χ0v) is 10.4. The Morgan fingerprint density at radius 3 is 3.18 bits per heavy atom. The van der Waals surface area contributed by atoms with Crippen LogP contribution in [-0.2, 0) is 9.53 Å². The highest BCUT2D eigenvalue weighted by molar-refractivity contribution is 6.29. The maximum atomic E-state index is 12.0. The van der Waals surface area contributed by atoms with Gasteiger partial charge in [-0.25, -0.2) is 4.98 Å². The molecular weight excluding hydrogens is 240 g/mol. The van der Waals surface area contributed by atoms with Crippen molar-refractivity contribution in [3.05, 3.63) is 23.4 Å². The molecule has 4 nitrogen and oxygen atoms in total. The number of hydrogen-bond acceptors (Lipinski definition) is 3. The van der Waals surface area contributed by atoms with E-state index in [2.05, 4.69) is 10.3 Å². The highest BCUT2D eigenvalue weighted by Crippen LogP contribution is 2.24. The van der Waals surface area contributed by atoms with Gasteiger partial charge in [0.25, 0.3) is 0 Å². The van der Waals surface area contributed by atoms with Crippen molar-refractivity contribution in [1.29, 1.82) is 0 Å². The summed E-state index contributed by atoms with van der Waals surface area (Å²) in [6, 6.07) is 5.15. The predicted octanol–water partition coefficient (Wildman–Crippen LogP) is 2.49. The van der Waals surface area contributed by atoms with Crippen LogP contribution in [-0.4, -0.2) is 23.6 Å². The van der Waals surface area contributed by atoms with Crippen molar-refractivity contribution in [1.82, 2.24) is 4.98 Å². The van der Waals surface area contributed by atoms with Gasteiger partial charge in [-0.15, -0.1) is 0 Å². The Labute approximate surface area is 105 Å². The number of rotatable bonds is 3. The van der Waals surface area contributed by atoms with Crippen LogP contribution in [0.4, 0.5) is 5.82 Å². The first-order valence-corrected chi connectivity index (χ1v) is 6.13. The number of hydrogen-bond donors (Lipinski definition) is 1. The molecule has 2 rings (SSSR count). The minimum Gasteiger partial charge on any atom is -0.377 e. The molecule has 0 aliphatic carbocycles. The highest BCUT2D eigenvalue weighted by atomic mass is 35.5. The number of amides is 1. The molecule has 0 aromatic carbocycles. The average Bonchev–Trinajstić information content (AvgIpc) is 2.77. The Hall–Kier alpha value is -1.13. The predicted molar refractivity (Wildman–Crippen MR) is 66.0 cm³/mol. The molecule has 1 aromatic heterocycles. The number of carbonyl (C=O) groups excluding carboxylic acids is 1. The van der Waals surface area contributed by atoms with E-state index < -0.39 is 0 Å². The number of anilines is 1. The van der Waals surface area contributed by atoms with Crippen molar-refractivity contribution in [2.24, 2.45) is 5.92 Å². The van der Waals surface area contributed by atoms with Crippen molar-refractivity contribution in [3.8, 4) is 0 Å². The fraction of sp³-hybridized carbons (Fsp3) is 0.500. The van der Waals surface area contributed by atoms with Crippen molar-refractivity contribution in [2.45, 2.75) is 25.9 Å². The van der Waals surface area contributed by atoms with Gasteiger partial charge in [-0.05, 0) is 25.0 Å². The summed E-state index contributed by atoms with van der Waals surface area (Å²) in [5, 5.41) is 3.15. The molecule has 0 spiro atoms. The molecule has 1 N–H and O–H groups in total. The van der Waals surface area contributed by atoms with E-state index in [1.807, 2.05) is 6.92 Å². The molecule has 0 radical (unpaired) electrons. The molecule has 0 saturated carbocycles. The summed E-state index contributed by atoms with van der Waals surface area (Å²) in [6.45, 7) is 2.67. The van der Waals surface area contributed by atoms with Gasteiger partial charge in [0.1, 0.15) is 11.0 Å². The van der Waals surface area contributed by atoms with Crippen molar-refractivity contribution < 1.29 is 9.53 Å². The Morgan fingerprint density at radius 2 is 2.47 bits per heavy atom. The summed E-state index contributed by atoms with van der Waals surface area (Å²) >= 11 is 5.76. The second kappa shape index (κ2) is 5.47. The lowest BCUT2D eigenvalue weighted by Crippen LogP contribution is -2.29. The molecule has 17 heavy (non-hydrogen) atoms. The Morgan fingerprint density at radius 1 is 1.65 bits per heavy atom. The molecule has 2 heterocycles. The summed E-state index contributed by atoms with van der Waals surface area (Å²) in [4.78, 5) is 16.0. The smallest absolute Gasteiger partial charge is 0.231 e. The number of nitrogens with one attached hydrogen (secondary N) is 1. The van der Waals surface area contributed by atoms with E-state index in [0.717, 1.165) is 12.8 Å². The zero-order chi connectivity index (χ0) is 12.3. The summed E-state index contributed by atoms with van der Waals surface area (Å²) in [6.07, 6.45) is 1.64. The van der Waals surface area contributed by atoms with Gasteiger partial charge in [0.2, 0.25) is 5.91 Å². The van der Waals surface area contributed by atoms with Crippen LogP contribution in [0.25, 0.3) is 0 Å². The van der Waals surface area contributed by atoms with E-state index in [1.54, 1.807) is 18.2 Å². The van der Waals surface area contributed by atoms with E-state index in [9.17, 15) is 4.79 Å². The fourth-order valence-corrected chi connectivity index (χ4v) is 2.21. The second-order valence-corrected chi connectivity index (χ2v) is 4.43. The van der Waals surface area contributed by atoms with Crippen molar-refractivity contribution in [2.75, 3.05) is 11.9 Å². The van der Waals surface area contributed by atoms with Gasteiger partial charge in [0.05, 0.1) is 12.0 Å². The summed E-state index contributed by atoms with van der Waals surface area (Å²) in [7, 11) is 0. The van der Waals surface area contributed by atoms with Gasteiger partial charge >= 0.3 is 0 Å². The van der Waals surface area contributed by atoms with Gasteiger partial charge in [0.15, 0.2) is 0 Å². The van der Waals surface area contributed by atoms with Gasteiger partial charge < -0.3 is 10.1 Å². The third-order valence-corrected chi connectivity index (χ3v) is 3.13. The molecule has 1 fully saturated rings. The van der Waals surface area contributed by atoms with E-state index in [0.29, 0.717) is 17.6 Å². The monoisotopic (exact) mass is 254 g/mol. The fourth-order valence-electron chi connectivity index (χ4n) is 2.05. The van der Waals surface area contributed by atoms with E-state index >= 15 is 0 Å².